The Labute approximate surface area is 145 Å². The molecular weight excluding hydrogens is 320 g/mol. The topological polar surface area (TPSA) is 83.0 Å². The van der Waals surface area contributed by atoms with Gasteiger partial charge in [0.15, 0.2) is 0 Å². The van der Waals surface area contributed by atoms with E-state index in [1.54, 1.807) is 35.9 Å². The summed E-state index contributed by atoms with van der Waals surface area (Å²) in [4.78, 5) is 16.7. The van der Waals surface area contributed by atoms with E-state index in [0.717, 1.165) is 22.5 Å². The number of hydrogen-bond acceptors (Lipinski definition) is 6. The van der Waals surface area contributed by atoms with Gasteiger partial charge in [0, 0.05) is 30.8 Å². The largest absolute Gasteiger partial charge is 0.426 e. The van der Waals surface area contributed by atoms with E-state index >= 15 is 0 Å². The van der Waals surface area contributed by atoms with Crippen molar-refractivity contribution in [3.63, 3.8) is 0 Å². The fourth-order valence-corrected chi connectivity index (χ4v) is 2.83. The Balaban J connectivity index is 1.74. The summed E-state index contributed by atoms with van der Waals surface area (Å²) in [6.07, 6.45) is 0. The van der Waals surface area contributed by atoms with Gasteiger partial charge in [0.05, 0.1) is 11.6 Å². The minimum absolute atomic E-state index is 0.317. The van der Waals surface area contributed by atoms with Gasteiger partial charge >= 0.3 is 5.97 Å². The predicted molar refractivity (Wildman–Crippen MR) is 91.2 cm³/mol. The van der Waals surface area contributed by atoms with Gasteiger partial charge in [0.25, 0.3) is 0 Å². The fraction of sp³-hybridized carbons (Fsp3) is 0.333. The Morgan fingerprint density at radius 1 is 1.20 bits per heavy atom. The molecule has 7 heteroatoms. The molecule has 0 amide bonds. The third kappa shape index (κ3) is 3.31. The van der Waals surface area contributed by atoms with Crippen molar-refractivity contribution in [3.8, 4) is 17.1 Å². The summed E-state index contributed by atoms with van der Waals surface area (Å²) >= 11 is 0. The number of benzene rings is 1. The zero-order valence-electron chi connectivity index (χ0n) is 14.9. The van der Waals surface area contributed by atoms with E-state index in [1.807, 2.05) is 27.8 Å². The van der Waals surface area contributed by atoms with Crippen molar-refractivity contribution in [2.75, 3.05) is 0 Å². The molecule has 1 aromatic carbocycles. The molecule has 0 radical (unpaired) electrons. The summed E-state index contributed by atoms with van der Waals surface area (Å²) in [5, 5.41) is 8.22. The van der Waals surface area contributed by atoms with Crippen LogP contribution in [0.25, 0.3) is 11.4 Å². The molecule has 2 aromatic heterocycles. The smallest absolute Gasteiger partial charge is 0.318 e. The third-order valence-electron chi connectivity index (χ3n) is 4.21. The number of esters is 1. The van der Waals surface area contributed by atoms with Crippen LogP contribution >= 0.6 is 0 Å². The van der Waals surface area contributed by atoms with Gasteiger partial charge in [-0.2, -0.15) is 10.1 Å². The average molecular weight is 340 g/mol. The molecule has 0 aliphatic carbocycles. The van der Waals surface area contributed by atoms with E-state index in [9.17, 15) is 4.79 Å². The van der Waals surface area contributed by atoms with E-state index < -0.39 is 5.92 Å². The van der Waals surface area contributed by atoms with Gasteiger partial charge in [-0.25, -0.2) is 0 Å². The van der Waals surface area contributed by atoms with E-state index in [4.69, 9.17) is 9.26 Å². The lowest BCUT2D eigenvalue weighted by molar-refractivity contribution is -0.135. The van der Waals surface area contributed by atoms with Crippen molar-refractivity contribution in [2.24, 2.45) is 7.05 Å². The summed E-state index contributed by atoms with van der Waals surface area (Å²) in [5.74, 6) is 0.766. The Hall–Kier alpha value is -2.96. The zero-order chi connectivity index (χ0) is 18.1. The highest BCUT2D eigenvalue weighted by Crippen LogP contribution is 2.26. The van der Waals surface area contributed by atoms with E-state index in [2.05, 4.69) is 15.2 Å². The highest BCUT2D eigenvalue weighted by molar-refractivity contribution is 5.80. The van der Waals surface area contributed by atoms with Crippen molar-refractivity contribution in [1.29, 1.82) is 0 Å². The van der Waals surface area contributed by atoms with Gasteiger partial charge < -0.3 is 9.26 Å². The lowest BCUT2D eigenvalue weighted by atomic mass is 9.99. The molecule has 0 unspecified atom stereocenters. The maximum Gasteiger partial charge on any atom is 0.318 e. The maximum atomic E-state index is 12.5. The first-order valence-corrected chi connectivity index (χ1v) is 7.99. The van der Waals surface area contributed by atoms with E-state index in [-0.39, 0.29) is 5.97 Å². The molecule has 130 valence electrons. The second-order valence-electron chi connectivity index (χ2n) is 6.01. The molecule has 0 saturated heterocycles. The normalized spacial score (nSPS) is 12.2. The molecule has 0 bridgehead atoms. The first-order valence-electron chi connectivity index (χ1n) is 7.99. The Morgan fingerprint density at radius 3 is 2.40 bits per heavy atom. The number of rotatable bonds is 4. The first-order chi connectivity index (χ1) is 11.9. The summed E-state index contributed by atoms with van der Waals surface area (Å²) in [6.45, 7) is 7.40. The molecule has 0 spiro atoms. The van der Waals surface area contributed by atoms with Crippen LogP contribution in [0.15, 0.2) is 28.8 Å². The number of nitrogens with zero attached hydrogens (tertiary/aromatic N) is 4. The number of aromatic nitrogens is 4. The SMILES string of the molecule is Cc1nc(-c2ccc(OC(=O)[C@H](C)c3c(C)nn(C)c3C)cc2)no1. The Bertz CT molecular complexity index is 909. The molecule has 3 aromatic rings. The van der Waals surface area contributed by atoms with Crippen LogP contribution < -0.4 is 4.74 Å². The lowest BCUT2D eigenvalue weighted by Gasteiger charge is -2.12. The van der Waals surface area contributed by atoms with Crippen LogP contribution in [0.4, 0.5) is 0 Å². The third-order valence-corrected chi connectivity index (χ3v) is 4.21. The van der Waals surface area contributed by atoms with Gasteiger partial charge in [-0.1, -0.05) is 5.16 Å². The van der Waals surface area contributed by atoms with E-state index in [1.165, 1.54) is 0 Å². The Morgan fingerprint density at radius 2 is 1.88 bits per heavy atom. The zero-order valence-corrected chi connectivity index (χ0v) is 14.9. The van der Waals surface area contributed by atoms with Gasteiger partial charge in [-0.05, 0) is 45.0 Å². The number of carbonyl (C=O) groups is 1. The van der Waals surface area contributed by atoms with Crippen molar-refractivity contribution in [2.45, 2.75) is 33.6 Å². The predicted octanol–water partition coefficient (Wildman–Crippen LogP) is 3.10. The van der Waals surface area contributed by atoms with E-state index in [0.29, 0.717) is 17.5 Å². The first kappa shape index (κ1) is 16.9. The Kier molecular flexibility index (Phi) is 4.39. The highest BCUT2D eigenvalue weighted by atomic mass is 16.5. The number of hydrogen-bond donors (Lipinski definition) is 0. The molecule has 1 atom stereocenters. The molecule has 0 saturated carbocycles. The van der Waals surface area contributed by atoms with Crippen molar-refractivity contribution >= 4 is 5.97 Å². The molecule has 0 aliphatic heterocycles. The summed E-state index contributed by atoms with van der Waals surface area (Å²) < 4.78 is 12.2. The summed E-state index contributed by atoms with van der Waals surface area (Å²) in [6, 6.07) is 7.01. The second-order valence-corrected chi connectivity index (χ2v) is 6.01. The minimum atomic E-state index is -0.395. The fourth-order valence-electron chi connectivity index (χ4n) is 2.83. The van der Waals surface area contributed by atoms with Crippen LogP contribution in [0.3, 0.4) is 0 Å². The van der Waals surface area contributed by atoms with Crippen LogP contribution in [-0.2, 0) is 11.8 Å². The highest BCUT2D eigenvalue weighted by Gasteiger charge is 2.24. The van der Waals surface area contributed by atoms with Gasteiger partial charge in [-0.15, -0.1) is 0 Å². The van der Waals surface area contributed by atoms with Crippen LogP contribution in [0.2, 0.25) is 0 Å². The van der Waals surface area contributed by atoms with Crippen LogP contribution in [0, 0.1) is 20.8 Å². The molecule has 3 rings (SSSR count). The molecule has 7 nitrogen and oxygen atoms in total. The number of aryl methyl sites for hydroxylation is 3. The van der Waals surface area contributed by atoms with Crippen molar-refractivity contribution < 1.29 is 14.1 Å². The summed E-state index contributed by atoms with van der Waals surface area (Å²) in [5.41, 5.74) is 3.51. The molecule has 0 N–H and O–H groups in total. The van der Waals surface area contributed by atoms with Crippen LogP contribution in [0.1, 0.15) is 35.7 Å². The van der Waals surface area contributed by atoms with Crippen molar-refractivity contribution in [3.05, 3.63) is 47.1 Å². The average Bonchev–Trinajstić information content (AvgIpc) is 3.11. The second kappa shape index (κ2) is 6.51. The molecule has 2 heterocycles. The van der Waals surface area contributed by atoms with Crippen molar-refractivity contribution in [1.82, 2.24) is 19.9 Å². The summed E-state index contributed by atoms with van der Waals surface area (Å²) in [7, 11) is 1.86. The number of carbonyl (C=O) groups excluding carboxylic acids is 1. The van der Waals surface area contributed by atoms with Gasteiger partial charge in [-0.3, -0.25) is 9.48 Å². The minimum Gasteiger partial charge on any atom is -0.426 e. The monoisotopic (exact) mass is 340 g/mol. The molecular formula is C18H20N4O3. The maximum absolute atomic E-state index is 12.5. The molecule has 25 heavy (non-hydrogen) atoms. The van der Waals surface area contributed by atoms with Gasteiger partial charge in [0.2, 0.25) is 11.7 Å². The standard InChI is InChI=1S/C18H20N4O3/c1-10(16-11(2)20-22(5)12(16)3)18(23)24-15-8-6-14(7-9-15)17-19-13(4)25-21-17/h6-10H,1-5H3/t10-/m1/s1. The lowest BCUT2D eigenvalue weighted by Crippen LogP contribution is -2.17. The molecule has 0 fully saturated rings. The number of ether oxygens (including phenoxy) is 1. The van der Waals surface area contributed by atoms with Crippen LogP contribution in [0.5, 0.6) is 5.75 Å². The quantitative estimate of drug-likeness (QED) is 0.536. The van der Waals surface area contributed by atoms with Crippen LogP contribution in [-0.4, -0.2) is 25.9 Å². The van der Waals surface area contributed by atoms with Gasteiger partial charge in [0.1, 0.15) is 5.75 Å². The molecule has 0 aliphatic rings.